The molecule has 0 radical (unpaired) electrons. The second kappa shape index (κ2) is 12.7. The minimum atomic E-state index is -0.544. The molecule has 0 unspecified atom stereocenters. The molecule has 4 nitrogen and oxygen atoms in total. The molecule has 46 heavy (non-hydrogen) atoms. The molecule has 1 aliphatic rings. The smallest absolute Gasteiger partial charge is 0.124 e. The molecule has 1 aliphatic carbocycles. The molecule has 0 aromatic heterocycles. The number of para-hydroxylation sites is 2. The molecule has 0 bridgehead atoms. The molecule has 2 N–H and O–H groups in total. The van der Waals surface area contributed by atoms with Crippen LogP contribution in [0.2, 0.25) is 0 Å². The summed E-state index contributed by atoms with van der Waals surface area (Å²) >= 11 is 0. The standard InChI is InChI=1S/C41H32N2O2.Zn/c1-27(33-11-5-9-17-39(33)44)42-31-23-19-29(20-24-31)41(37-15-7-3-13-35(37)36-14-4-8-16-38(36)41)30-21-25-32(26-22-30)43-28(2)34-12-6-10-18-40(34)45;/h3-26,44-45H,1-2H3;. The number of nitrogens with zero attached hydrogens (tertiary/aromatic N) is 2. The second-order valence-electron chi connectivity index (χ2n) is 11.4. The topological polar surface area (TPSA) is 65.2 Å². The van der Waals surface area contributed by atoms with Crippen LogP contribution in [0, 0.1) is 0 Å². The van der Waals surface area contributed by atoms with E-state index in [1.54, 1.807) is 12.1 Å². The van der Waals surface area contributed by atoms with Gasteiger partial charge in [-0.15, -0.1) is 0 Å². The summed E-state index contributed by atoms with van der Waals surface area (Å²) in [6, 6.07) is 48.8. The summed E-state index contributed by atoms with van der Waals surface area (Å²) in [5, 5.41) is 20.7. The van der Waals surface area contributed by atoms with Crippen molar-refractivity contribution in [3.63, 3.8) is 0 Å². The number of fused-ring (bicyclic) bond motifs is 3. The Bertz CT molecular complexity index is 1940. The first-order valence-corrected chi connectivity index (χ1v) is 15.0. The van der Waals surface area contributed by atoms with Gasteiger partial charge in [0.15, 0.2) is 0 Å². The molecule has 5 heteroatoms. The number of phenolic OH excluding ortho intramolecular Hbond substituents is 2. The fourth-order valence-electron chi connectivity index (χ4n) is 6.66. The summed E-state index contributed by atoms with van der Waals surface area (Å²) in [7, 11) is 0. The van der Waals surface area contributed by atoms with Crippen molar-refractivity contribution in [3.8, 4) is 22.6 Å². The maximum atomic E-state index is 10.3. The predicted octanol–water partition coefficient (Wildman–Crippen LogP) is 9.74. The molecule has 0 fully saturated rings. The van der Waals surface area contributed by atoms with Crippen LogP contribution in [0.4, 0.5) is 11.4 Å². The van der Waals surface area contributed by atoms with Crippen LogP contribution in [0.25, 0.3) is 11.1 Å². The van der Waals surface area contributed by atoms with Gasteiger partial charge in [0, 0.05) is 42.0 Å². The zero-order chi connectivity index (χ0) is 31.0. The van der Waals surface area contributed by atoms with Crippen molar-refractivity contribution in [2.45, 2.75) is 19.3 Å². The first-order chi connectivity index (χ1) is 22.0. The number of hydrogen-bond acceptors (Lipinski definition) is 4. The number of aromatic hydroxyl groups is 2. The third kappa shape index (κ3) is 5.27. The van der Waals surface area contributed by atoms with E-state index in [9.17, 15) is 10.2 Å². The van der Waals surface area contributed by atoms with Gasteiger partial charge in [-0.05, 0) is 95.8 Å². The third-order valence-corrected chi connectivity index (χ3v) is 8.73. The summed E-state index contributed by atoms with van der Waals surface area (Å²) < 4.78 is 0. The van der Waals surface area contributed by atoms with Crippen molar-refractivity contribution in [2.75, 3.05) is 0 Å². The number of phenols is 2. The van der Waals surface area contributed by atoms with Gasteiger partial charge in [-0.25, -0.2) is 0 Å². The molecular weight excluding hydrogens is 618 g/mol. The second-order valence-corrected chi connectivity index (χ2v) is 11.4. The number of aliphatic imine (C=N–C) groups is 2. The van der Waals surface area contributed by atoms with Gasteiger partial charge in [0.05, 0.1) is 16.8 Å². The van der Waals surface area contributed by atoms with E-state index >= 15 is 0 Å². The molecule has 0 saturated heterocycles. The van der Waals surface area contributed by atoms with Crippen LogP contribution >= 0.6 is 0 Å². The molecular formula is C41H32N2O2Zn. The van der Waals surface area contributed by atoms with Crippen LogP contribution in [0.3, 0.4) is 0 Å². The average molecular weight is 650 g/mol. The largest absolute Gasteiger partial charge is 0.507 e. The van der Waals surface area contributed by atoms with Gasteiger partial charge in [0.25, 0.3) is 0 Å². The van der Waals surface area contributed by atoms with Crippen LogP contribution in [0.5, 0.6) is 11.5 Å². The normalized spacial score (nSPS) is 13.4. The molecule has 6 aromatic carbocycles. The molecule has 0 atom stereocenters. The van der Waals surface area contributed by atoms with E-state index in [-0.39, 0.29) is 31.0 Å². The number of hydrogen-bond donors (Lipinski definition) is 2. The van der Waals surface area contributed by atoms with E-state index in [0.29, 0.717) is 0 Å². The maximum Gasteiger partial charge on any atom is 0.124 e. The molecule has 0 saturated carbocycles. The van der Waals surface area contributed by atoms with Crippen molar-refractivity contribution < 1.29 is 29.7 Å². The Balaban J connectivity index is 0.00000372. The Morgan fingerprint density at radius 2 is 0.804 bits per heavy atom. The van der Waals surface area contributed by atoms with Crippen molar-refractivity contribution in [1.82, 2.24) is 0 Å². The molecule has 220 valence electrons. The molecule has 0 amide bonds. The van der Waals surface area contributed by atoms with E-state index in [1.165, 1.54) is 22.3 Å². The Morgan fingerprint density at radius 3 is 1.20 bits per heavy atom. The molecule has 7 rings (SSSR count). The summed E-state index contributed by atoms with van der Waals surface area (Å²) in [5.74, 6) is 0.439. The van der Waals surface area contributed by atoms with Crippen molar-refractivity contribution in [2.24, 2.45) is 9.98 Å². The van der Waals surface area contributed by atoms with E-state index in [2.05, 4.69) is 97.1 Å². The minimum Gasteiger partial charge on any atom is -0.507 e. The van der Waals surface area contributed by atoms with Gasteiger partial charge >= 0.3 is 0 Å². The zero-order valence-electron chi connectivity index (χ0n) is 25.9. The zero-order valence-corrected chi connectivity index (χ0v) is 28.8. The van der Waals surface area contributed by atoms with Crippen LogP contribution in [-0.2, 0) is 24.9 Å². The summed E-state index contributed by atoms with van der Waals surface area (Å²) in [5.41, 5.74) is 11.2. The molecule has 0 heterocycles. The van der Waals surface area contributed by atoms with E-state index in [0.717, 1.165) is 45.1 Å². The fourth-order valence-corrected chi connectivity index (χ4v) is 6.66. The number of benzene rings is 6. The number of rotatable bonds is 6. The van der Waals surface area contributed by atoms with Gasteiger partial charge in [-0.2, -0.15) is 0 Å². The van der Waals surface area contributed by atoms with Crippen LogP contribution in [-0.4, -0.2) is 21.6 Å². The predicted molar refractivity (Wildman–Crippen MR) is 184 cm³/mol. The molecule has 0 spiro atoms. The third-order valence-electron chi connectivity index (χ3n) is 8.73. The summed E-state index contributed by atoms with van der Waals surface area (Å²) in [6.45, 7) is 3.83. The fraction of sp³-hybridized carbons (Fsp3) is 0.0732. The van der Waals surface area contributed by atoms with Crippen molar-refractivity contribution in [1.29, 1.82) is 0 Å². The van der Waals surface area contributed by atoms with Crippen molar-refractivity contribution in [3.05, 3.63) is 179 Å². The van der Waals surface area contributed by atoms with Gasteiger partial charge in [0.1, 0.15) is 11.5 Å². The first-order valence-electron chi connectivity index (χ1n) is 15.0. The van der Waals surface area contributed by atoms with E-state index in [4.69, 9.17) is 9.98 Å². The van der Waals surface area contributed by atoms with Gasteiger partial charge < -0.3 is 10.2 Å². The van der Waals surface area contributed by atoms with Crippen LogP contribution in [0.1, 0.15) is 47.2 Å². The molecule has 0 aliphatic heterocycles. The maximum absolute atomic E-state index is 10.3. The first kappa shape index (κ1) is 30.9. The molecule has 6 aromatic rings. The van der Waals surface area contributed by atoms with E-state index in [1.807, 2.05) is 50.2 Å². The Hall–Kier alpha value is -5.12. The SMILES string of the molecule is CC(=Nc1ccc(C2(c3ccc(N=C(C)c4ccccc4O)cc3)c3ccccc3-c3ccccc32)cc1)c1ccccc1O.[Zn]. The Labute approximate surface area is 282 Å². The Kier molecular flexibility index (Phi) is 8.53. The summed E-state index contributed by atoms with van der Waals surface area (Å²) in [6.07, 6.45) is 0. The van der Waals surface area contributed by atoms with Gasteiger partial charge in [0.2, 0.25) is 0 Å². The van der Waals surface area contributed by atoms with Crippen LogP contribution < -0.4 is 0 Å². The van der Waals surface area contributed by atoms with Crippen molar-refractivity contribution >= 4 is 22.8 Å². The average Bonchev–Trinajstić information content (AvgIpc) is 3.37. The minimum absolute atomic E-state index is 0. The Morgan fingerprint density at radius 1 is 0.457 bits per heavy atom. The van der Waals surface area contributed by atoms with E-state index < -0.39 is 5.41 Å². The van der Waals surface area contributed by atoms with Gasteiger partial charge in [-0.3, -0.25) is 9.98 Å². The van der Waals surface area contributed by atoms with Crippen LogP contribution in [0.15, 0.2) is 156 Å². The van der Waals surface area contributed by atoms with Gasteiger partial charge in [-0.1, -0.05) is 97.1 Å². The monoisotopic (exact) mass is 648 g/mol. The quantitative estimate of drug-likeness (QED) is 0.139. The summed E-state index contributed by atoms with van der Waals surface area (Å²) in [4.78, 5) is 9.67.